The first kappa shape index (κ1) is 11.4. The summed E-state index contributed by atoms with van der Waals surface area (Å²) in [5.74, 6) is -1.17. The fourth-order valence-corrected chi connectivity index (χ4v) is 1.53. The summed E-state index contributed by atoms with van der Waals surface area (Å²) in [6.45, 7) is 1.81. The predicted molar refractivity (Wildman–Crippen MR) is 60.4 cm³/mol. The van der Waals surface area contributed by atoms with Gasteiger partial charge in [0.05, 0.1) is 18.1 Å². The number of halogens is 2. The number of hydrogen-bond acceptors (Lipinski definition) is 3. The highest BCUT2D eigenvalue weighted by Crippen LogP contribution is 2.19. The number of nitrogens with zero attached hydrogens (tertiary/aromatic N) is 2. The Labute approximate surface area is 97.5 Å². The summed E-state index contributed by atoms with van der Waals surface area (Å²) in [5, 5.41) is 3.05. The molecule has 1 aromatic heterocycles. The molecule has 1 aromatic carbocycles. The molecule has 0 radical (unpaired) electrons. The van der Waals surface area contributed by atoms with Crippen molar-refractivity contribution < 1.29 is 8.78 Å². The van der Waals surface area contributed by atoms with Gasteiger partial charge in [-0.15, -0.1) is 0 Å². The molecule has 1 unspecified atom stereocenters. The van der Waals surface area contributed by atoms with Crippen LogP contribution in [0, 0.1) is 11.6 Å². The zero-order valence-corrected chi connectivity index (χ0v) is 9.19. The van der Waals surface area contributed by atoms with Crippen LogP contribution in [-0.2, 0) is 0 Å². The van der Waals surface area contributed by atoms with Crippen molar-refractivity contribution in [3.63, 3.8) is 0 Å². The van der Waals surface area contributed by atoms with Crippen LogP contribution in [0.3, 0.4) is 0 Å². The second-order valence-corrected chi connectivity index (χ2v) is 3.70. The van der Waals surface area contributed by atoms with Crippen LogP contribution in [0.25, 0.3) is 0 Å². The average molecular weight is 235 g/mol. The molecule has 5 heteroatoms. The van der Waals surface area contributed by atoms with E-state index in [4.69, 9.17) is 0 Å². The van der Waals surface area contributed by atoms with Gasteiger partial charge in [0.15, 0.2) is 0 Å². The van der Waals surface area contributed by atoms with Gasteiger partial charge in [0.1, 0.15) is 18.0 Å². The van der Waals surface area contributed by atoms with Crippen molar-refractivity contribution >= 4 is 5.69 Å². The van der Waals surface area contributed by atoms with E-state index in [0.717, 1.165) is 6.07 Å². The second-order valence-electron chi connectivity index (χ2n) is 3.70. The lowest BCUT2D eigenvalue weighted by molar-refractivity contribution is 0.577. The van der Waals surface area contributed by atoms with Crippen molar-refractivity contribution in [2.45, 2.75) is 13.0 Å². The first-order valence-corrected chi connectivity index (χ1v) is 5.12. The molecule has 3 nitrogen and oxygen atoms in total. The molecule has 2 aromatic rings. The van der Waals surface area contributed by atoms with E-state index in [9.17, 15) is 8.78 Å². The number of nitrogens with one attached hydrogen (secondary N) is 1. The lowest BCUT2D eigenvalue weighted by Crippen LogP contribution is -2.07. The van der Waals surface area contributed by atoms with Crippen LogP contribution >= 0.6 is 0 Å². The van der Waals surface area contributed by atoms with Crippen LogP contribution < -0.4 is 5.32 Å². The zero-order valence-electron chi connectivity index (χ0n) is 9.19. The molecule has 0 aliphatic heterocycles. The molecule has 0 bridgehead atoms. The van der Waals surface area contributed by atoms with E-state index in [-0.39, 0.29) is 6.04 Å². The first-order valence-electron chi connectivity index (χ1n) is 5.12. The van der Waals surface area contributed by atoms with E-state index in [1.807, 2.05) is 0 Å². The van der Waals surface area contributed by atoms with Crippen LogP contribution in [0.4, 0.5) is 14.5 Å². The topological polar surface area (TPSA) is 37.8 Å². The third-order valence-corrected chi connectivity index (χ3v) is 2.33. The third kappa shape index (κ3) is 2.96. The zero-order chi connectivity index (χ0) is 12.3. The van der Waals surface area contributed by atoms with Gasteiger partial charge in [-0.3, -0.25) is 0 Å². The Morgan fingerprint density at radius 3 is 2.24 bits per heavy atom. The Morgan fingerprint density at radius 1 is 1.06 bits per heavy atom. The molecule has 0 amide bonds. The van der Waals surface area contributed by atoms with Crippen LogP contribution in [0.1, 0.15) is 18.5 Å². The highest BCUT2D eigenvalue weighted by molar-refractivity contribution is 5.40. The summed E-state index contributed by atoms with van der Waals surface area (Å²) >= 11 is 0. The van der Waals surface area contributed by atoms with Crippen molar-refractivity contribution in [3.05, 3.63) is 54.1 Å². The molecule has 1 N–H and O–H groups in total. The molecular formula is C12H11F2N3. The van der Waals surface area contributed by atoms with Crippen LogP contribution in [0.5, 0.6) is 0 Å². The van der Waals surface area contributed by atoms with Crippen molar-refractivity contribution in [3.8, 4) is 0 Å². The Morgan fingerprint density at radius 2 is 1.65 bits per heavy atom. The number of hydrogen-bond donors (Lipinski definition) is 1. The first-order chi connectivity index (χ1) is 8.15. The Bertz CT molecular complexity index is 482. The molecule has 0 aliphatic carbocycles. The fraction of sp³-hybridized carbons (Fsp3) is 0.167. The number of aromatic nitrogens is 2. The summed E-state index contributed by atoms with van der Waals surface area (Å²) < 4.78 is 26.1. The summed E-state index contributed by atoms with van der Waals surface area (Å²) in [4.78, 5) is 7.69. The molecule has 0 saturated heterocycles. The van der Waals surface area contributed by atoms with Crippen LogP contribution in [-0.4, -0.2) is 9.97 Å². The highest BCUT2D eigenvalue weighted by Gasteiger charge is 2.08. The molecule has 17 heavy (non-hydrogen) atoms. The lowest BCUT2D eigenvalue weighted by Gasteiger charge is -2.15. The molecule has 0 aliphatic rings. The highest BCUT2D eigenvalue weighted by atomic mass is 19.1. The van der Waals surface area contributed by atoms with Crippen molar-refractivity contribution in [2.75, 3.05) is 5.32 Å². The van der Waals surface area contributed by atoms with Crippen LogP contribution in [0.2, 0.25) is 0 Å². The minimum Gasteiger partial charge on any atom is -0.376 e. The summed E-state index contributed by atoms with van der Waals surface area (Å²) in [5.41, 5.74) is 1.23. The molecule has 1 heterocycles. The maximum atomic E-state index is 13.0. The quantitative estimate of drug-likeness (QED) is 0.888. The molecule has 1 atom stereocenters. The maximum absolute atomic E-state index is 13.0. The molecule has 0 saturated carbocycles. The van der Waals surface area contributed by atoms with Crippen molar-refractivity contribution in [1.82, 2.24) is 9.97 Å². The minimum absolute atomic E-state index is 0.230. The molecule has 0 fully saturated rings. The molecule has 2 rings (SSSR count). The Balaban J connectivity index is 2.17. The monoisotopic (exact) mass is 235 g/mol. The van der Waals surface area contributed by atoms with Gasteiger partial charge >= 0.3 is 0 Å². The van der Waals surface area contributed by atoms with Gasteiger partial charge in [-0.25, -0.2) is 18.7 Å². The summed E-state index contributed by atoms with van der Waals surface area (Å²) in [6, 6.07) is 3.21. The fourth-order valence-electron chi connectivity index (χ4n) is 1.53. The third-order valence-electron chi connectivity index (χ3n) is 2.33. The maximum Gasteiger partial charge on any atom is 0.126 e. The van der Waals surface area contributed by atoms with Gasteiger partial charge in [0.25, 0.3) is 0 Å². The minimum atomic E-state index is -0.585. The van der Waals surface area contributed by atoms with Crippen molar-refractivity contribution in [2.24, 2.45) is 0 Å². The summed E-state index contributed by atoms with van der Waals surface area (Å²) in [6.07, 6.45) is 4.61. The number of rotatable bonds is 3. The average Bonchev–Trinajstić information content (AvgIpc) is 2.29. The van der Waals surface area contributed by atoms with E-state index in [1.54, 1.807) is 19.3 Å². The van der Waals surface area contributed by atoms with Crippen molar-refractivity contribution in [1.29, 1.82) is 0 Å². The lowest BCUT2D eigenvalue weighted by atomic mass is 10.1. The Hall–Kier alpha value is -2.04. The largest absolute Gasteiger partial charge is 0.376 e. The van der Waals surface area contributed by atoms with Gasteiger partial charge in [0, 0.05) is 12.1 Å². The second kappa shape index (κ2) is 4.86. The predicted octanol–water partition coefficient (Wildman–Crippen LogP) is 2.93. The Kier molecular flexibility index (Phi) is 3.27. The van der Waals surface area contributed by atoms with E-state index in [0.29, 0.717) is 11.3 Å². The van der Waals surface area contributed by atoms with Crippen LogP contribution in [0.15, 0.2) is 36.9 Å². The van der Waals surface area contributed by atoms with E-state index in [2.05, 4.69) is 15.3 Å². The van der Waals surface area contributed by atoms with Gasteiger partial charge in [-0.05, 0) is 24.6 Å². The molecule has 88 valence electrons. The number of anilines is 1. The van der Waals surface area contributed by atoms with Gasteiger partial charge in [-0.2, -0.15) is 0 Å². The smallest absolute Gasteiger partial charge is 0.126 e. The van der Waals surface area contributed by atoms with E-state index >= 15 is 0 Å². The van der Waals surface area contributed by atoms with E-state index in [1.165, 1.54) is 18.5 Å². The normalized spacial score (nSPS) is 12.2. The van der Waals surface area contributed by atoms with Gasteiger partial charge < -0.3 is 5.32 Å². The van der Waals surface area contributed by atoms with Gasteiger partial charge in [0.2, 0.25) is 0 Å². The SMILES string of the molecule is CC(Nc1cncnc1)c1cc(F)cc(F)c1. The summed E-state index contributed by atoms with van der Waals surface area (Å²) in [7, 11) is 0. The standard InChI is InChI=1S/C12H11F2N3/c1-8(17-12-5-15-7-16-6-12)9-2-10(13)4-11(14)3-9/h2-8,17H,1H3. The molecular weight excluding hydrogens is 224 g/mol. The number of benzene rings is 1. The molecule has 0 spiro atoms. The van der Waals surface area contributed by atoms with Gasteiger partial charge in [-0.1, -0.05) is 0 Å². The van der Waals surface area contributed by atoms with E-state index < -0.39 is 11.6 Å².